The number of hydrogen-bond donors (Lipinski definition) is 0. The zero-order chi connectivity index (χ0) is 29.9. The molecular formula is C41H27N3S. The fourth-order valence-electron chi connectivity index (χ4n) is 7.67. The Kier molecular flexibility index (Phi) is 4.94. The Balaban J connectivity index is 1.41. The molecule has 0 spiro atoms. The summed E-state index contributed by atoms with van der Waals surface area (Å²) in [5, 5.41) is 7.21. The fraction of sp³-hybridized carbons (Fsp3) is 0.0732. The van der Waals surface area contributed by atoms with Crippen LogP contribution < -0.4 is 0 Å². The third-order valence-electron chi connectivity index (χ3n) is 9.75. The van der Waals surface area contributed by atoms with Crippen LogP contribution >= 0.6 is 11.3 Å². The molecule has 0 atom stereocenters. The summed E-state index contributed by atoms with van der Waals surface area (Å²) in [5.74, 6) is 0.699. The van der Waals surface area contributed by atoms with E-state index in [4.69, 9.17) is 9.97 Å². The second kappa shape index (κ2) is 8.87. The monoisotopic (exact) mass is 593 g/mol. The molecule has 45 heavy (non-hydrogen) atoms. The number of thiophene rings is 1. The molecule has 3 heterocycles. The Hall–Kier alpha value is -5.32. The van der Waals surface area contributed by atoms with Crippen molar-refractivity contribution in [2.75, 3.05) is 0 Å². The van der Waals surface area contributed by atoms with Gasteiger partial charge in [0.1, 0.15) is 0 Å². The molecule has 9 aromatic rings. The van der Waals surface area contributed by atoms with Crippen LogP contribution in [0, 0.1) is 0 Å². The van der Waals surface area contributed by atoms with Crippen molar-refractivity contribution in [1.82, 2.24) is 14.5 Å². The SMILES string of the molecule is CC1(C)c2ccccc2-c2c1sc1c2ccc2c3ccc4ccccc4c3n(-c3nc(-c4ccccc4)c4ccccc4n3)c21. The zero-order valence-corrected chi connectivity index (χ0v) is 25.7. The average molecular weight is 594 g/mol. The number of nitrogens with zero attached hydrogens (tertiary/aromatic N) is 3. The first kappa shape index (κ1) is 25.1. The van der Waals surface area contributed by atoms with E-state index < -0.39 is 0 Å². The van der Waals surface area contributed by atoms with Crippen LogP contribution in [0.1, 0.15) is 24.3 Å². The Morgan fingerprint density at radius 2 is 1.27 bits per heavy atom. The van der Waals surface area contributed by atoms with Gasteiger partial charge in [-0.25, -0.2) is 9.97 Å². The first-order chi connectivity index (χ1) is 22.1. The number of hydrogen-bond acceptors (Lipinski definition) is 3. The molecule has 1 aliphatic rings. The molecule has 0 fully saturated rings. The van der Waals surface area contributed by atoms with Gasteiger partial charge in [-0.05, 0) is 22.6 Å². The Bertz CT molecular complexity index is 2680. The molecule has 0 saturated carbocycles. The second-order valence-electron chi connectivity index (χ2n) is 12.6. The maximum Gasteiger partial charge on any atom is 0.235 e. The topological polar surface area (TPSA) is 30.7 Å². The summed E-state index contributed by atoms with van der Waals surface area (Å²) in [6.07, 6.45) is 0. The Labute approximate surface area is 264 Å². The first-order valence-electron chi connectivity index (χ1n) is 15.4. The molecule has 0 bridgehead atoms. The molecule has 3 nitrogen and oxygen atoms in total. The molecule has 3 aromatic heterocycles. The molecule has 1 aliphatic carbocycles. The smallest absolute Gasteiger partial charge is 0.235 e. The average Bonchev–Trinajstić information content (AvgIpc) is 3.71. The lowest BCUT2D eigenvalue weighted by Crippen LogP contribution is -2.13. The molecular weight excluding hydrogens is 567 g/mol. The van der Waals surface area contributed by atoms with E-state index >= 15 is 0 Å². The maximum absolute atomic E-state index is 5.41. The summed E-state index contributed by atoms with van der Waals surface area (Å²) in [7, 11) is 0. The van der Waals surface area contributed by atoms with Crippen molar-refractivity contribution in [3.63, 3.8) is 0 Å². The second-order valence-corrected chi connectivity index (χ2v) is 13.6. The van der Waals surface area contributed by atoms with Crippen molar-refractivity contribution in [3.05, 3.63) is 138 Å². The summed E-state index contributed by atoms with van der Waals surface area (Å²) in [6.45, 7) is 4.73. The quantitative estimate of drug-likeness (QED) is 0.200. The van der Waals surface area contributed by atoms with Gasteiger partial charge >= 0.3 is 0 Å². The molecule has 10 rings (SSSR count). The predicted molar refractivity (Wildman–Crippen MR) is 190 cm³/mol. The lowest BCUT2D eigenvalue weighted by molar-refractivity contribution is 0.674. The lowest BCUT2D eigenvalue weighted by Gasteiger charge is -2.19. The van der Waals surface area contributed by atoms with Crippen LogP contribution in [0.3, 0.4) is 0 Å². The van der Waals surface area contributed by atoms with Gasteiger partial charge in [0.05, 0.1) is 26.9 Å². The van der Waals surface area contributed by atoms with E-state index in [1.165, 1.54) is 58.7 Å². The van der Waals surface area contributed by atoms with Crippen molar-refractivity contribution in [2.45, 2.75) is 19.3 Å². The van der Waals surface area contributed by atoms with E-state index in [1.807, 2.05) is 11.3 Å². The number of benzene rings is 6. The van der Waals surface area contributed by atoms with Crippen LogP contribution in [0.25, 0.3) is 81.9 Å². The highest BCUT2D eigenvalue weighted by Crippen LogP contribution is 2.57. The molecule has 0 saturated heterocycles. The van der Waals surface area contributed by atoms with Gasteiger partial charge in [0.25, 0.3) is 0 Å². The third-order valence-corrected chi connectivity index (χ3v) is 11.3. The van der Waals surface area contributed by atoms with Gasteiger partial charge in [0.2, 0.25) is 5.95 Å². The van der Waals surface area contributed by atoms with Gasteiger partial charge in [-0.15, -0.1) is 11.3 Å². The van der Waals surface area contributed by atoms with E-state index in [0.29, 0.717) is 5.95 Å². The fourth-order valence-corrected chi connectivity index (χ4v) is 9.14. The van der Waals surface area contributed by atoms with Gasteiger partial charge in [0, 0.05) is 48.4 Å². The molecule has 212 valence electrons. The van der Waals surface area contributed by atoms with Crippen molar-refractivity contribution in [2.24, 2.45) is 0 Å². The molecule has 0 radical (unpaired) electrons. The van der Waals surface area contributed by atoms with Gasteiger partial charge in [-0.2, -0.15) is 0 Å². The van der Waals surface area contributed by atoms with Gasteiger partial charge in [-0.1, -0.05) is 135 Å². The number of rotatable bonds is 2. The summed E-state index contributed by atoms with van der Waals surface area (Å²) in [4.78, 5) is 12.1. The van der Waals surface area contributed by atoms with Crippen LogP contribution in [0.4, 0.5) is 0 Å². The molecule has 0 aliphatic heterocycles. The Morgan fingerprint density at radius 3 is 2.16 bits per heavy atom. The summed E-state index contributed by atoms with van der Waals surface area (Å²) in [5.41, 5.74) is 9.37. The highest BCUT2D eigenvalue weighted by Gasteiger charge is 2.39. The van der Waals surface area contributed by atoms with Crippen LogP contribution in [-0.2, 0) is 5.41 Å². The first-order valence-corrected chi connectivity index (χ1v) is 16.3. The van der Waals surface area contributed by atoms with Gasteiger partial charge in [0.15, 0.2) is 0 Å². The number of aromatic nitrogens is 3. The van der Waals surface area contributed by atoms with E-state index in [-0.39, 0.29) is 5.41 Å². The predicted octanol–water partition coefficient (Wildman–Crippen LogP) is 11.1. The molecule has 0 amide bonds. The minimum absolute atomic E-state index is 0.0641. The molecule has 4 heteroatoms. The minimum Gasteiger partial charge on any atom is -0.276 e. The summed E-state index contributed by atoms with van der Waals surface area (Å²) in [6, 6.07) is 45.7. The number of fused-ring (bicyclic) bond motifs is 12. The van der Waals surface area contributed by atoms with Crippen molar-refractivity contribution in [3.8, 4) is 28.3 Å². The van der Waals surface area contributed by atoms with Crippen molar-refractivity contribution >= 4 is 64.9 Å². The van der Waals surface area contributed by atoms with E-state index in [1.54, 1.807) is 0 Å². The summed E-state index contributed by atoms with van der Waals surface area (Å²) >= 11 is 1.94. The van der Waals surface area contributed by atoms with Crippen LogP contribution in [0.5, 0.6) is 0 Å². The van der Waals surface area contributed by atoms with E-state index in [9.17, 15) is 0 Å². The molecule has 6 aromatic carbocycles. The van der Waals surface area contributed by atoms with Crippen LogP contribution in [-0.4, -0.2) is 14.5 Å². The highest BCUT2D eigenvalue weighted by atomic mass is 32.1. The normalized spacial score (nSPS) is 13.7. The number of para-hydroxylation sites is 1. The van der Waals surface area contributed by atoms with Crippen molar-refractivity contribution in [1.29, 1.82) is 0 Å². The van der Waals surface area contributed by atoms with Gasteiger partial charge in [-0.3, -0.25) is 4.57 Å². The zero-order valence-electron chi connectivity index (χ0n) is 24.9. The van der Waals surface area contributed by atoms with Crippen LogP contribution in [0.2, 0.25) is 0 Å². The van der Waals surface area contributed by atoms with Crippen molar-refractivity contribution < 1.29 is 0 Å². The standard InChI is InChI=1S/C41H27N3S/c1-41(2)32-18-10-8-16-29(32)34-31-23-22-28-27-21-20-24-12-6-7-15-26(24)36(27)44(37(28)38(31)45-39(34)41)40-42-33-19-11-9-17-30(33)35(43-40)25-13-4-3-5-14-25/h3-23H,1-2H3. The maximum atomic E-state index is 5.41. The summed E-state index contributed by atoms with van der Waals surface area (Å²) < 4.78 is 3.65. The lowest BCUT2D eigenvalue weighted by atomic mass is 9.87. The molecule has 0 unspecified atom stereocenters. The minimum atomic E-state index is -0.0641. The van der Waals surface area contributed by atoms with E-state index in [2.05, 4.69) is 146 Å². The third kappa shape index (κ3) is 3.29. The largest absolute Gasteiger partial charge is 0.276 e. The molecule has 0 N–H and O–H groups in total. The highest BCUT2D eigenvalue weighted by molar-refractivity contribution is 7.21. The van der Waals surface area contributed by atoms with Gasteiger partial charge < -0.3 is 0 Å². The van der Waals surface area contributed by atoms with E-state index in [0.717, 1.165) is 27.7 Å². The Morgan fingerprint density at radius 1 is 0.578 bits per heavy atom. The van der Waals surface area contributed by atoms with Crippen LogP contribution in [0.15, 0.2) is 127 Å².